The monoisotopic (exact) mass is 1680 g/mol. The minimum absolute atomic E-state index is 0.00562. The van der Waals surface area contributed by atoms with Crippen molar-refractivity contribution in [2.75, 3.05) is 36.9 Å². The van der Waals surface area contributed by atoms with Gasteiger partial charge in [-0.2, -0.15) is 56.3 Å². The zero-order chi connectivity index (χ0) is 83.1. The number of nitrogens with zero attached hydrogens (tertiary/aromatic N) is 10. The smallest absolute Gasteiger partial charge is 0.416 e. The van der Waals surface area contributed by atoms with Crippen LogP contribution in [-0.2, 0) is 62.3 Å². The number of carbonyl (C=O) groups excluding carboxylic acids is 2. The van der Waals surface area contributed by atoms with Crippen LogP contribution in [0.3, 0.4) is 0 Å². The average molecular weight is 1680 g/mol. The van der Waals surface area contributed by atoms with Crippen LogP contribution in [0.1, 0.15) is 111 Å². The van der Waals surface area contributed by atoms with Crippen molar-refractivity contribution in [1.82, 2.24) is 43.1 Å². The second kappa shape index (κ2) is 32.2. The van der Waals surface area contributed by atoms with Crippen molar-refractivity contribution in [1.29, 1.82) is 0 Å². The topological polar surface area (TPSA) is 361 Å². The van der Waals surface area contributed by atoms with Crippen LogP contribution < -0.4 is 36.3 Å². The van der Waals surface area contributed by atoms with Crippen molar-refractivity contribution in [2.45, 2.75) is 101 Å². The van der Waals surface area contributed by atoms with Gasteiger partial charge in [-0.15, -0.1) is 0 Å². The molecular weight excluding hydrogens is 1620 g/mol. The number of esters is 1. The summed E-state index contributed by atoms with van der Waals surface area (Å²) in [7, 11) is -8.03. The molecule has 3 aliphatic rings. The Hall–Kier alpha value is -11.9. The van der Waals surface area contributed by atoms with E-state index < -0.39 is 99.5 Å². The molecule has 0 unspecified atom stereocenters. The number of pyridine rings is 6. The molecule has 12 aromatic rings. The predicted octanol–water partition coefficient (Wildman–Crippen LogP) is 16.6. The van der Waals surface area contributed by atoms with Crippen molar-refractivity contribution >= 4 is 121 Å². The van der Waals surface area contributed by atoms with Gasteiger partial charge in [-0.05, 0) is 187 Å². The van der Waals surface area contributed by atoms with Gasteiger partial charge in [0.05, 0.1) is 79.3 Å². The van der Waals surface area contributed by atoms with Crippen molar-refractivity contribution in [2.24, 2.45) is 9.54 Å². The number of rotatable bonds is 19. The number of carbonyl (C=O) groups is 1. The fourth-order valence-electron chi connectivity index (χ4n) is 11.7. The molecule has 0 spiro atoms. The highest BCUT2D eigenvalue weighted by atomic mass is 35.7. The van der Waals surface area contributed by atoms with E-state index in [1.165, 1.54) is 118 Å². The summed E-state index contributed by atoms with van der Waals surface area (Å²) in [4.78, 5) is 48.9. The van der Waals surface area contributed by atoms with E-state index >= 15 is 0 Å². The quantitative estimate of drug-likeness (QED) is 0.0130. The second-order valence-corrected chi connectivity index (χ2v) is 32.5. The number of nitrogen functional groups attached to an aromatic ring is 1. The van der Waals surface area contributed by atoms with E-state index in [0.29, 0.717) is 68.3 Å². The van der Waals surface area contributed by atoms with Crippen LogP contribution in [0.15, 0.2) is 169 Å². The van der Waals surface area contributed by atoms with Crippen LogP contribution >= 0.6 is 10.7 Å². The Morgan fingerprint density at radius 3 is 1.10 bits per heavy atom. The fraction of sp³-hybridized carbons (Fsp3) is 0.233. The fourth-order valence-corrected chi connectivity index (χ4v) is 13.2. The molecule has 0 atom stereocenters. The first kappa shape index (κ1) is 82.5. The number of benzene rings is 3. The van der Waals surface area contributed by atoms with E-state index in [1.807, 2.05) is 0 Å². The first-order chi connectivity index (χ1) is 53.9. The molecule has 0 bridgehead atoms. The summed E-state index contributed by atoms with van der Waals surface area (Å²) in [6.45, 7) is 4.82. The number of isocyanates is 1. The summed E-state index contributed by atoms with van der Waals surface area (Å²) >= 11 is 0. The maximum absolute atomic E-state index is 14.3. The first-order valence-electron chi connectivity index (χ1n) is 34.1. The Kier molecular flexibility index (Phi) is 23.1. The minimum Gasteiger partial charge on any atom is -0.459 e. The number of hydrogen-bond donors (Lipinski definition) is 7. The number of sulfonamides is 1. The van der Waals surface area contributed by atoms with E-state index in [2.05, 4.69) is 70.4 Å². The van der Waals surface area contributed by atoms with E-state index in [9.17, 15) is 82.7 Å². The highest BCUT2D eigenvalue weighted by molar-refractivity contribution is 8.12. The third-order valence-corrected chi connectivity index (χ3v) is 19.0. The van der Waals surface area contributed by atoms with Gasteiger partial charge in [0.25, 0.3) is 16.3 Å². The molecule has 26 nitrogen and oxygen atoms in total. The van der Waals surface area contributed by atoms with E-state index in [-0.39, 0.29) is 63.5 Å². The highest BCUT2D eigenvalue weighted by Crippen LogP contribution is 2.48. The number of fused-ring (bicyclic) bond motifs is 3. The molecule has 0 aliphatic heterocycles. The van der Waals surface area contributed by atoms with Crippen LogP contribution in [0.25, 0.3) is 51.1 Å². The van der Waals surface area contributed by atoms with Crippen LogP contribution in [0, 0.1) is 17.5 Å². The number of alkyl halides is 9. The third kappa shape index (κ3) is 21.9. The molecule has 0 amide bonds. The van der Waals surface area contributed by atoms with E-state index in [4.69, 9.17) is 20.4 Å². The number of nitrogens with two attached hydrogens (primary N) is 2. The van der Waals surface area contributed by atoms with Crippen LogP contribution in [0.5, 0.6) is 0 Å². The van der Waals surface area contributed by atoms with Crippen LogP contribution in [0.4, 0.5) is 104 Å². The van der Waals surface area contributed by atoms with Crippen molar-refractivity contribution in [3.8, 4) is 34.2 Å². The van der Waals surface area contributed by atoms with Gasteiger partial charge in [0.2, 0.25) is 10.0 Å². The number of imidazole rings is 3. The highest BCUT2D eigenvalue weighted by Gasteiger charge is 2.37. The lowest BCUT2D eigenvalue weighted by atomic mass is 10.1. The molecule has 3 aliphatic carbocycles. The number of ether oxygens (including phenoxy) is 1. The lowest BCUT2D eigenvalue weighted by Gasteiger charge is -2.19. The van der Waals surface area contributed by atoms with Gasteiger partial charge in [-0.3, -0.25) is 27.4 Å². The molecule has 0 radical (unpaired) electrons. The van der Waals surface area contributed by atoms with Gasteiger partial charge in [0, 0.05) is 88.0 Å². The molecule has 3 aromatic carbocycles. The summed E-state index contributed by atoms with van der Waals surface area (Å²) < 4.78 is 243. The lowest BCUT2D eigenvalue weighted by molar-refractivity contribution is -0.151. The summed E-state index contributed by atoms with van der Waals surface area (Å²) in [5, 5.41) is 13.9. The predicted molar refractivity (Wildman–Crippen MR) is 403 cm³/mol. The summed E-state index contributed by atoms with van der Waals surface area (Å²) in [5.74, 6) is -2.24. The molecule has 42 heteroatoms. The van der Waals surface area contributed by atoms with Gasteiger partial charge in [0.1, 0.15) is 57.4 Å². The Balaban J connectivity index is 0.000000154. The van der Waals surface area contributed by atoms with Gasteiger partial charge in [-0.1, -0.05) is 4.40 Å². The lowest BCUT2D eigenvalue weighted by Crippen LogP contribution is -2.30. The van der Waals surface area contributed by atoms with E-state index in [1.54, 1.807) is 43.4 Å². The Labute approximate surface area is 649 Å². The molecule has 3 saturated carbocycles. The number of nitrogens with one attached hydrogen (secondary N) is 5. The standard InChI is InChI=1S/C28H27F4N5O4S.C22H18F4N6O2S.C22H17F4N5.CClNO3S/c1-27(2,3)41-24(38)15-42(39,40)36-20-12-21(26-25(16-4-5-16)35-23-11-8-18(29)14-37(23)26)34-22(13-20)33-19-9-6-17(7-10-19)28(30,31)32;23-14-5-8-19-30-20(12-1-2-12)21(32(19)11-14)17-9-16(31-35(27,33)34)10-18(29-17)28-15-6-3-13(4-7-15)22(24,25)26;23-14-5-8-19-30-20(12-1-2-12)21(31(19)11-14)17-9-15(27)10-18(29-17)28-16-6-3-13(4-7-16)22(24,25)26;2-7(5,6)3-1-4/h6-14,16H,4-5,15H2,1-3H3,(H2,33,34,36);3-12H,1-2H2,(H2,27,33,34)(H2,28,29,31);3-12H,1-2H2,(H3,27,28,29);. The molecular formula is C73H62ClF12N17O9S3. The summed E-state index contributed by atoms with van der Waals surface area (Å²) in [5.41, 5.74) is 10.6. The van der Waals surface area contributed by atoms with Gasteiger partial charge in [0.15, 0.2) is 5.75 Å². The van der Waals surface area contributed by atoms with Crippen LogP contribution in [0.2, 0.25) is 0 Å². The number of halogens is 13. The zero-order valence-electron chi connectivity index (χ0n) is 59.7. The van der Waals surface area contributed by atoms with Gasteiger partial charge < -0.3 is 26.4 Å². The third-order valence-electron chi connectivity index (χ3n) is 16.8. The molecule has 0 saturated heterocycles. The molecule has 15 rings (SSSR count). The molecule has 115 heavy (non-hydrogen) atoms. The zero-order valence-corrected chi connectivity index (χ0v) is 62.9. The van der Waals surface area contributed by atoms with Crippen molar-refractivity contribution in [3.63, 3.8) is 0 Å². The number of hydrogen-bond acceptors (Lipinski definition) is 19. The molecule has 9 aromatic heterocycles. The Morgan fingerprint density at radius 1 is 0.487 bits per heavy atom. The average Bonchev–Trinajstić information content (AvgIpc) is 1.61. The number of anilines is 9. The first-order valence-corrected chi connectivity index (χ1v) is 39.6. The largest absolute Gasteiger partial charge is 0.459 e. The summed E-state index contributed by atoms with van der Waals surface area (Å²) in [6, 6.07) is 30.5. The molecule has 9 heterocycles. The molecule has 9 N–H and O–H groups in total. The van der Waals surface area contributed by atoms with Gasteiger partial charge in [-0.25, -0.2) is 61.4 Å². The van der Waals surface area contributed by atoms with Crippen LogP contribution in [-0.4, -0.2) is 91.8 Å². The van der Waals surface area contributed by atoms with E-state index in [0.717, 1.165) is 86.7 Å². The van der Waals surface area contributed by atoms with Gasteiger partial charge >= 0.3 is 33.7 Å². The Morgan fingerprint density at radius 2 is 0.809 bits per heavy atom. The Bertz CT molecular complexity index is 6110. The molecule has 3 fully saturated rings. The SMILES string of the molecule is CC(C)(C)OC(=O)CS(=O)(=O)Nc1cc(Nc2ccc(C(F)(F)F)cc2)nc(-c2c(C3CC3)nc3ccc(F)cn23)c1.NS(=O)(=O)Nc1cc(Nc2ccc(C(F)(F)F)cc2)nc(-c2c(C3CC3)nc3ccc(F)cn23)c1.Nc1cc(Nc2ccc(C(F)(F)F)cc2)nc(-c2c(C3CC3)nc3ccc(F)cn23)c1.O=C=NS(=O)(=O)Cl. The summed E-state index contributed by atoms with van der Waals surface area (Å²) in [6.07, 6.45) is -3.28. The maximum Gasteiger partial charge on any atom is 0.416 e. The maximum atomic E-state index is 14.3. The normalized spacial score (nSPS) is 14.0. The second-order valence-electron chi connectivity index (χ2n) is 27.3. The van der Waals surface area contributed by atoms with Crippen molar-refractivity contribution in [3.05, 3.63) is 215 Å². The number of aromatic nitrogens is 9. The van der Waals surface area contributed by atoms with Crippen molar-refractivity contribution < 1.29 is 92.3 Å². The minimum atomic E-state index is -4.52. The molecule has 602 valence electrons.